The highest BCUT2D eigenvalue weighted by Gasteiger charge is 2.19. The minimum atomic E-state index is -3.76. The lowest BCUT2D eigenvalue weighted by Crippen LogP contribution is -2.13. The van der Waals surface area contributed by atoms with E-state index in [1.165, 1.54) is 23.0 Å². The van der Waals surface area contributed by atoms with Crippen molar-refractivity contribution in [3.05, 3.63) is 82.4 Å². The average molecular weight is 409 g/mol. The van der Waals surface area contributed by atoms with Gasteiger partial charge in [0, 0.05) is 6.07 Å². The van der Waals surface area contributed by atoms with Gasteiger partial charge in [-0.2, -0.15) is 0 Å². The minimum Gasteiger partial charge on any atom is -0.279 e. The van der Waals surface area contributed by atoms with Crippen molar-refractivity contribution in [1.29, 1.82) is 0 Å². The maximum Gasteiger partial charge on any atom is 0.296 e. The van der Waals surface area contributed by atoms with E-state index in [1.807, 2.05) is 0 Å². The van der Waals surface area contributed by atoms with Gasteiger partial charge in [-0.15, -0.1) is 15.0 Å². The van der Waals surface area contributed by atoms with E-state index >= 15 is 0 Å². The predicted octanol–water partition coefficient (Wildman–Crippen LogP) is 3.44. The van der Waals surface area contributed by atoms with Crippen LogP contribution >= 0.6 is 0 Å². The lowest BCUT2D eigenvalue weighted by atomic mass is 10.2. The van der Waals surface area contributed by atoms with Gasteiger partial charge in [-0.1, -0.05) is 30.3 Å². The summed E-state index contributed by atoms with van der Waals surface area (Å²) < 4.78 is 27.8. The summed E-state index contributed by atoms with van der Waals surface area (Å²) >= 11 is 0. The van der Waals surface area contributed by atoms with Crippen LogP contribution in [-0.2, 0) is 10.0 Å². The fourth-order valence-electron chi connectivity index (χ4n) is 2.88. The molecule has 0 aliphatic heterocycles. The second kappa shape index (κ2) is 6.99. The quantitative estimate of drug-likeness (QED) is 0.398. The zero-order valence-corrected chi connectivity index (χ0v) is 16.0. The standard InChI is InChI=1S/C19H15N5O4S/c1-13-11-16-17(12-15(13)22-29(27,28)14-7-3-2-4-8-14)21-23(20-16)18-9-5-6-10-19(18)24(25)26/h2-12,22H,1H3. The van der Waals surface area contributed by atoms with Crippen LogP contribution in [0.1, 0.15) is 5.56 Å². The number of nitro benzene ring substituents is 1. The molecule has 0 aliphatic rings. The third-order valence-electron chi connectivity index (χ3n) is 4.32. The van der Waals surface area contributed by atoms with Crippen molar-refractivity contribution >= 4 is 32.4 Å². The van der Waals surface area contributed by atoms with E-state index < -0.39 is 14.9 Å². The highest BCUT2D eigenvalue weighted by molar-refractivity contribution is 7.92. The fourth-order valence-corrected chi connectivity index (χ4v) is 4.02. The van der Waals surface area contributed by atoms with Gasteiger partial charge in [-0.25, -0.2) is 8.42 Å². The van der Waals surface area contributed by atoms with Gasteiger partial charge >= 0.3 is 0 Å². The monoisotopic (exact) mass is 409 g/mol. The van der Waals surface area contributed by atoms with E-state index in [1.54, 1.807) is 55.5 Å². The Hall–Kier alpha value is -3.79. The van der Waals surface area contributed by atoms with Gasteiger partial charge < -0.3 is 0 Å². The normalized spacial score (nSPS) is 11.5. The Morgan fingerprint density at radius 3 is 2.28 bits per heavy atom. The maximum absolute atomic E-state index is 12.6. The van der Waals surface area contributed by atoms with E-state index in [-0.39, 0.29) is 16.3 Å². The number of aryl methyl sites for hydroxylation is 1. The largest absolute Gasteiger partial charge is 0.296 e. The van der Waals surface area contributed by atoms with Crippen LogP contribution in [0, 0.1) is 17.0 Å². The Morgan fingerprint density at radius 1 is 0.966 bits per heavy atom. The SMILES string of the molecule is Cc1cc2nn(-c3ccccc3[N+](=O)[O-])nc2cc1NS(=O)(=O)c1ccccc1. The first-order valence-corrected chi connectivity index (χ1v) is 10.0. The van der Waals surface area contributed by atoms with Crippen molar-refractivity contribution < 1.29 is 13.3 Å². The van der Waals surface area contributed by atoms with E-state index in [0.29, 0.717) is 22.3 Å². The molecule has 0 atom stereocenters. The van der Waals surface area contributed by atoms with Gasteiger partial charge in [0.2, 0.25) is 0 Å². The number of fused-ring (bicyclic) bond motifs is 1. The minimum absolute atomic E-state index is 0.130. The summed E-state index contributed by atoms with van der Waals surface area (Å²) in [4.78, 5) is 12.1. The number of nitrogens with zero attached hydrogens (tertiary/aromatic N) is 4. The van der Waals surface area contributed by atoms with E-state index in [4.69, 9.17) is 0 Å². The summed E-state index contributed by atoms with van der Waals surface area (Å²) in [6.45, 7) is 1.74. The molecule has 1 N–H and O–H groups in total. The Kier molecular flexibility index (Phi) is 4.47. The van der Waals surface area contributed by atoms with Crippen LogP contribution in [0.5, 0.6) is 0 Å². The number of para-hydroxylation sites is 2. The third-order valence-corrected chi connectivity index (χ3v) is 5.70. The number of benzene rings is 3. The summed E-state index contributed by atoms with van der Waals surface area (Å²) in [5.41, 5.74) is 1.98. The summed E-state index contributed by atoms with van der Waals surface area (Å²) in [5, 5.41) is 19.9. The molecule has 0 saturated carbocycles. The van der Waals surface area contributed by atoms with Gasteiger partial charge in [0.15, 0.2) is 5.69 Å². The zero-order chi connectivity index (χ0) is 20.6. The number of sulfonamides is 1. The first-order chi connectivity index (χ1) is 13.8. The molecule has 10 heteroatoms. The number of rotatable bonds is 5. The molecule has 0 bridgehead atoms. The highest BCUT2D eigenvalue weighted by atomic mass is 32.2. The van der Waals surface area contributed by atoms with Gasteiger partial charge in [-0.3, -0.25) is 14.8 Å². The highest BCUT2D eigenvalue weighted by Crippen LogP contribution is 2.26. The lowest BCUT2D eigenvalue weighted by molar-refractivity contribution is -0.384. The van der Waals surface area contributed by atoms with Crippen molar-refractivity contribution in [1.82, 2.24) is 15.0 Å². The molecule has 0 radical (unpaired) electrons. The van der Waals surface area contributed by atoms with Crippen molar-refractivity contribution in [2.75, 3.05) is 4.72 Å². The van der Waals surface area contributed by atoms with Crippen molar-refractivity contribution in [3.8, 4) is 5.69 Å². The molecule has 0 saturated heterocycles. The second-order valence-corrected chi connectivity index (χ2v) is 7.99. The topological polar surface area (TPSA) is 120 Å². The Morgan fingerprint density at radius 2 is 1.59 bits per heavy atom. The van der Waals surface area contributed by atoms with E-state index in [9.17, 15) is 18.5 Å². The molecule has 4 aromatic rings. The molecule has 1 aromatic heterocycles. The average Bonchev–Trinajstić information content (AvgIpc) is 3.11. The molecule has 0 amide bonds. The number of nitrogens with one attached hydrogen (secondary N) is 1. The zero-order valence-electron chi connectivity index (χ0n) is 15.2. The van der Waals surface area contributed by atoms with Crippen LogP contribution in [0.3, 0.4) is 0 Å². The molecule has 9 nitrogen and oxygen atoms in total. The number of nitro groups is 1. The van der Waals surface area contributed by atoms with E-state index in [0.717, 1.165) is 0 Å². The van der Waals surface area contributed by atoms with Crippen molar-refractivity contribution in [2.45, 2.75) is 11.8 Å². The Balaban J connectivity index is 1.76. The molecule has 0 unspecified atom stereocenters. The van der Waals surface area contributed by atoms with Crippen LogP contribution < -0.4 is 4.72 Å². The van der Waals surface area contributed by atoms with Gasteiger partial charge in [0.05, 0.1) is 15.5 Å². The Labute approximate surface area is 165 Å². The van der Waals surface area contributed by atoms with Crippen molar-refractivity contribution in [2.24, 2.45) is 0 Å². The predicted molar refractivity (Wildman–Crippen MR) is 108 cm³/mol. The van der Waals surface area contributed by atoms with Crippen LogP contribution in [-0.4, -0.2) is 28.3 Å². The van der Waals surface area contributed by atoms with Crippen molar-refractivity contribution in [3.63, 3.8) is 0 Å². The van der Waals surface area contributed by atoms with Crippen LogP contribution in [0.25, 0.3) is 16.7 Å². The molecular formula is C19H15N5O4S. The molecule has 0 fully saturated rings. The Bertz CT molecular complexity index is 1330. The molecule has 0 aliphatic carbocycles. The first kappa shape index (κ1) is 18.6. The number of hydrogen-bond donors (Lipinski definition) is 1. The molecule has 3 aromatic carbocycles. The summed E-state index contributed by atoms with van der Waals surface area (Å²) in [7, 11) is -3.76. The van der Waals surface area contributed by atoms with Gasteiger partial charge in [0.25, 0.3) is 15.7 Å². The number of hydrogen-bond acceptors (Lipinski definition) is 6. The summed E-state index contributed by atoms with van der Waals surface area (Å²) in [6.07, 6.45) is 0. The van der Waals surface area contributed by atoms with Crippen LogP contribution in [0.15, 0.2) is 71.6 Å². The first-order valence-electron chi connectivity index (χ1n) is 8.54. The molecule has 29 heavy (non-hydrogen) atoms. The lowest BCUT2D eigenvalue weighted by Gasteiger charge is -2.10. The summed E-state index contributed by atoms with van der Waals surface area (Å²) in [6, 6.07) is 17.4. The molecule has 1 heterocycles. The maximum atomic E-state index is 12.6. The number of anilines is 1. The molecule has 4 rings (SSSR count). The molecule has 146 valence electrons. The fraction of sp³-hybridized carbons (Fsp3) is 0.0526. The van der Waals surface area contributed by atoms with Crippen LogP contribution in [0.2, 0.25) is 0 Å². The second-order valence-electron chi connectivity index (χ2n) is 6.31. The number of aromatic nitrogens is 3. The smallest absolute Gasteiger partial charge is 0.279 e. The van der Waals surface area contributed by atoms with Crippen LogP contribution in [0.4, 0.5) is 11.4 Å². The summed E-state index contributed by atoms with van der Waals surface area (Å²) in [5.74, 6) is 0. The van der Waals surface area contributed by atoms with Gasteiger partial charge in [-0.05, 0) is 42.8 Å². The molecule has 0 spiro atoms. The van der Waals surface area contributed by atoms with E-state index in [2.05, 4.69) is 14.9 Å². The third kappa shape index (κ3) is 3.52. The van der Waals surface area contributed by atoms with Gasteiger partial charge in [0.1, 0.15) is 11.0 Å². The molecular weight excluding hydrogens is 394 g/mol.